The van der Waals surface area contributed by atoms with Gasteiger partial charge in [-0.05, 0) is 79.8 Å². The molecule has 6 heteroatoms. The lowest BCUT2D eigenvalue weighted by molar-refractivity contribution is 0.511. The molecule has 0 aliphatic heterocycles. The predicted octanol–water partition coefficient (Wildman–Crippen LogP) is 17.7. The summed E-state index contributed by atoms with van der Waals surface area (Å²) >= 11 is 0. The average molecular weight is 861 g/mol. The summed E-state index contributed by atoms with van der Waals surface area (Å²) in [6, 6.07) is 68.8. The average Bonchev–Trinajstić information content (AvgIpc) is 3.36. The SMILES string of the molecule is Fc1cc(N(c2cccc3ccccc23)c2ccc3ccc4c(N(c5cc(F)c(F)c(-c6ccccc6)c5)c5cccc6ccccc56)ccc5ccc2c3c54)cc(-c2ccccc2)c1F. The first-order valence-corrected chi connectivity index (χ1v) is 21.8. The minimum Gasteiger partial charge on any atom is -0.309 e. The summed E-state index contributed by atoms with van der Waals surface area (Å²) in [4.78, 5) is 4.05. The Hall–Kier alpha value is -8.48. The van der Waals surface area contributed by atoms with Crippen LogP contribution in [0.2, 0.25) is 0 Å². The minimum atomic E-state index is -0.958. The Kier molecular flexibility index (Phi) is 9.28. The van der Waals surface area contributed by atoms with Crippen LogP contribution in [-0.2, 0) is 0 Å². The molecule has 12 aromatic rings. The van der Waals surface area contributed by atoms with Gasteiger partial charge in [0.15, 0.2) is 23.3 Å². The van der Waals surface area contributed by atoms with Crippen molar-refractivity contribution in [2.75, 3.05) is 9.80 Å². The van der Waals surface area contributed by atoms with E-state index in [0.29, 0.717) is 22.5 Å². The van der Waals surface area contributed by atoms with E-state index >= 15 is 17.6 Å². The van der Waals surface area contributed by atoms with Crippen LogP contribution in [-0.4, -0.2) is 0 Å². The molecule has 0 fully saturated rings. The highest BCUT2D eigenvalue weighted by Crippen LogP contribution is 2.50. The van der Waals surface area contributed by atoms with Crippen molar-refractivity contribution in [2.24, 2.45) is 0 Å². The predicted molar refractivity (Wildman–Crippen MR) is 265 cm³/mol. The third-order valence-electron chi connectivity index (χ3n) is 12.8. The number of fused-ring (bicyclic) bond motifs is 2. The number of hydrogen-bond donors (Lipinski definition) is 0. The Balaban J connectivity index is 1.14. The van der Waals surface area contributed by atoms with Gasteiger partial charge in [-0.15, -0.1) is 0 Å². The molecule has 2 nitrogen and oxygen atoms in total. The van der Waals surface area contributed by atoms with Crippen molar-refractivity contribution in [3.63, 3.8) is 0 Å². The van der Waals surface area contributed by atoms with Crippen LogP contribution in [0.15, 0.2) is 218 Å². The van der Waals surface area contributed by atoms with Gasteiger partial charge >= 0.3 is 0 Å². The summed E-state index contributed by atoms with van der Waals surface area (Å²) in [6.45, 7) is 0. The number of nitrogens with zero attached hydrogens (tertiary/aromatic N) is 2. The van der Waals surface area contributed by atoms with Crippen LogP contribution in [0.4, 0.5) is 51.7 Å². The molecule has 0 aromatic heterocycles. The van der Waals surface area contributed by atoms with Crippen molar-refractivity contribution >= 4 is 88.0 Å². The van der Waals surface area contributed by atoms with E-state index in [1.807, 2.05) is 143 Å². The molecule has 0 radical (unpaired) electrons. The molecule has 0 aliphatic carbocycles. The fraction of sp³-hybridized carbons (Fsp3) is 0. The molecule has 0 atom stereocenters. The summed E-state index contributed by atoms with van der Waals surface area (Å²) in [6.07, 6.45) is 0. The lowest BCUT2D eigenvalue weighted by Crippen LogP contribution is -2.13. The maximum absolute atomic E-state index is 16.1. The third-order valence-corrected chi connectivity index (χ3v) is 12.8. The molecule has 0 N–H and O–H groups in total. The topological polar surface area (TPSA) is 6.48 Å². The second-order valence-corrected chi connectivity index (χ2v) is 16.6. The standard InChI is InChI=1S/C60H36F4N2/c61-51-35-43(33-49(59(51)63)39-13-3-1-4-14-39)65(53-23-11-19-37-17-7-9-21-45(37)53)55-31-27-41-26-30-48-56(32-28-42-25-29-47(55)57(41)58(42)48)66(54-24-12-20-38-18-8-10-22-46(38)54)44-34-50(60(64)52(62)36-44)40-15-5-2-6-16-40/h1-36H. The first-order valence-electron chi connectivity index (χ1n) is 21.8. The van der Waals surface area contributed by atoms with E-state index in [4.69, 9.17) is 0 Å². The zero-order chi connectivity index (χ0) is 44.5. The number of anilines is 6. The highest BCUT2D eigenvalue weighted by Gasteiger charge is 2.26. The molecule has 314 valence electrons. The number of rotatable bonds is 8. The van der Waals surface area contributed by atoms with Crippen molar-refractivity contribution < 1.29 is 17.6 Å². The smallest absolute Gasteiger partial charge is 0.166 e. The largest absolute Gasteiger partial charge is 0.309 e. The molecule has 0 saturated heterocycles. The van der Waals surface area contributed by atoms with Crippen LogP contribution in [0.1, 0.15) is 0 Å². The number of benzene rings is 12. The van der Waals surface area contributed by atoms with Crippen molar-refractivity contribution in [3.8, 4) is 22.3 Å². The maximum atomic E-state index is 16.1. The Labute approximate surface area is 377 Å². The van der Waals surface area contributed by atoms with Gasteiger partial charge in [-0.1, -0.05) is 170 Å². The van der Waals surface area contributed by atoms with E-state index in [1.54, 1.807) is 36.4 Å². The van der Waals surface area contributed by atoms with E-state index < -0.39 is 23.3 Å². The Morgan fingerprint density at radius 1 is 0.273 bits per heavy atom. The van der Waals surface area contributed by atoms with E-state index in [0.717, 1.165) is 76.6 Å². The van der Waals surface area contributed by atoms with Gasteiger partial charge < -0.3 is 9.80 Å². The van der Waals surface area contributed by atoms with Gasteiger partial charge in [0.1, 0.15) is 0 Å². The van der Waals surface area contributed by atoms with Crippen LogP contribution >= 0.6 is 0 Å². The molecule has 66 heavy (non-hydrogen) atoms. The molecule has 12 aromatic carbocycles. The summed E-state index contributed by atoms with van der Waals surface area (Å²) in [5, 5.41) is 9.53. The summed E-state index contributed by atoms with van der Waals surface area (Å²) in [5.74, 6) is -3.75. The molecule has 0 unspecified atom stereocenters. The third kappa shape index (κ3) is 6.33. The monoisotopic (exact) mass is 860 g/mol. The van der Waals surface area contributed by atoms with Crippen molar-refractivity contribution in [1.29, 1.82) is 0 Å². The second kappa shape index (κ2) is 15.6. The maximum Gasteiger partial charge on any atom is 0.166 e. The highest BCUT2D eigenvalue weighted by atomic mass is 19.2. The van der Waals surface area contributed by atoms with Gasteiger partial charge in [-0.25, -0.2) is 17.6 Å². The molecule has 0 aliphatic rings. The summed E-state index contributed by atoms with van der Waals surface area (Å²) in [5.41, 5.74) is 5.45. The summed E-state index contributed by atoms with van der Waals surface area (Å²) in [7, 11) is 0. The van der Waals surface area contributed by atoms with E-state index in [9.17, 15) is 0 Å². The molecule has 0 heterocycles. The van der Waals surface area contributed by atoms with E-state index in [2.05, 4.69) is 36.4 Å². The van der Waals surface area contributed by atoms with Crippen LogP contribution < -0.4 is 9.80 Å². The van der Waals surface area contributed by atoms with Gasteiger partial charge in [0.2, 0.25) is 0 Å². The first-order chi connectivity index (χ1) is 32.4. The Morgan fingerprint density at radius 2 is 0.636 bits per heavy atom. The molecular formula is C60H36F4N2. The molecular weight excluding hydrogens is 825 g/mol. The molecule has 0 spiro atoms. The van der Waals surface area contributed by atoms with Crippen molar-refractivity contribution in [2.45, 2.75) is 0 Å². The van der Waals surface area contributed by atoms with Crippen LogP contribution in [0.3, 0.4) is 0 Å². The van der Waals surface area contributed by atoms with Gasteiger partial charge in [-0.2, -0.15) is 0 Å². The number of halogens is 4. The van der Waals surface area contributed by atoms with Gasteiger partial charge in [-0.3, -0.25) is 0 Å². The fourth-order valence-electron chi connectivity index (χ4n) is 9.85. The zero-order valence-corrected chi connectivity index (χ0v) is 35.2. The van der Waals surface area contributed by atoms with Gasteiger partial charge in [0, 0.05) is 56.2 Å². The molecule has 12 rings (SSSR count). The van der Waals surface area contributed by atoms with Gasteiger partial charge in [0.25, 0.3) is 0 Å². The highest BCUT2D eigenvalue weighted by molar-refractivity contribution is 6.28. The minimum absolute atomic E-state index is 0.152. The molecule has 0 amide bonds. The molecule has 0 saturated carbocycles. The van der Waals surface area contributed by atoms with E-state index in [1.165, 1.54) is 12.1 Å². The summed E-state index contributed by atoms with van der Waals surface area (Å²) < 4.78 is 63.9. The quantitative estimate of drug-likeness (QED) is 0.111. The Bertz CT molecular complexity index is 3570. The fourth-order valence-corrected chi connectivity index (χ4v) is 9.85. The number of hydrogen-bond acceptors (Lipinski definition) is 2. The van der Waals surface area contributed by atoms with Crippen molar-refractivity contribution in [3.05, 3.63) is 242 Å². The first kappa shape index (κ1) is 39.1. The van der Waals surface area contributed by atoms with Crippen LogP contribution in [0, 0.1) is 23.3 Å². The van der Waals surface area contributed by atoms with Crippen LogP contribution in [0.5, 0.6) is 0 Å². The second-order valence-electron chi connectivity index (χ2n) is 16.6. The van der Waals surface area contributed by atoms with E-state index in [-0.39, 0.29) is 11.1 Å². The molecule has 0 bridgehead atoms. The zero-order valence-electron chi connectivity index (χ0n) is 35.2. The lowest BCUT2D eigenvalue weighted by Gasteiger charge is -2.31. The van der Waals surface area contributed by atoms with Crippen LogP contribution in [0.25, 0.3) is 76.1 Å². The normalized spacial score (nSPS) is 11.6. The van der Waals surface area contributed by atoms with Gasteiger partial charge in [0.05, 0.1) is 22.7 Å². The Morgan fingerprint density at radius 3 is 1.08 bits per heavy atom. The van der Waals surface area contributed by atoms with Crippen molar-refractivity contribution in [1.82, 2.24) is 0 Å². The lowest BCUT2D eigenvalue weighted by atomic mass is 9.91.